The first kappa shape index (κ1) is 40.4. The van der Waals surface area contributed by atoms with Gasteiger partial charge in [0.2, 0.25) is 6.23 Å². The maximum absolute atomic E-state index is 14.0. The summed E-state index contributed by atoms with van der Waals surface area (Å²) in [6.45, 7) is 11.0. The van der Waals surface area contributed by atoms with Gasteiger partial charge in [0.1, 0.15) is 24.4 Å². The smallest absolute Gasteiger partial charge is 0.420 e. The fourth-order valence-electron chi connectivity index (χ4n) is 7.89. The maximum atomic E-state index is 14.0. The molecule has 1 aliphatic heterocycles. The SMILES string of the molecule is CCCCCCCCCCCCCCCCCC[N+](C(=O)OCC)(C1CCC(C(C)(C)C)CC1)C1O[C@H](CO)[C@@H](O)[C@H](O)[C@H]1O. The molecule has 2 unspecified atom stereocenters. The highest BCUT2D eigenvalue weighted by atomic mass is 16.6. The molecule has 0 bridgehead atoms. The quantitative estimate of drug-likeness (QED) is 0.0752. The van der Waals surface area contributed by atoms with Crippen LogP contribution in [0.1, 0.15) is 163 Å². The Bertz CT molecular complexity index is 779. The van der Waals surface area contributed by atoms with Crippen molar-refractivity contribution in [3.8, 4) is 0 Å². The molecule has 6 atom stereocenters. The van der Waals surface area contributed by atoms with Gasteiger partial charge < -0.3 is 29.9 Å². The zero-order chi connectivity index (χ0) is 33.3. The zero-order valence-corrected chi connectivity index (χ0v) is 29.8. The summed E-state index contributed by atoms with van der Waals surface area (Å²) in [5, 5.41) is 42.5. The minimum atomic E-state index is -1.52. The number of aliphatic hydroxyl groups excluding tert-OH is 4. The van der Waals surface area contributed by atoms with Crippen molar-refractivity contribution in [2.24, 2.45) is 11.3 Å². The first-order chi connectivity index (χ1) is 21.5. The Labute approximate surface area is 275 Å². The minimum Gasteiger partial charge on any atom is -0.420 e. The molecule has 0 spiro atoms. The third-order valence-electron chi connectivity index (χ3n) is 10.9. The van der Waals surface area contributed by atoms with E-state index in [-0.39, 0.29) is 22.5 Å². The molecule has 2 aliphatic rings. The summed E-state index contributed by atoms with van der Waals surface area (Å²) in [7, 11) is 0. The van der Waals surface area contributed by atoms with E-state index < -0.39 is 43.3 Å². The van der Waals surface area contributed by atoms with E-state index in [0.717, 1.165) is 44.9 Å². The molecule has 1 saturated heterocycles. The monoisotopic (exact) mass is 643 g/mol. The molecular formula is C37H72NO7+. The minimum absolute atomic E-state index is 0.138. The lowest BCUT2D eigenvalue weighted by molar-refractivity contribution is -0.938. The second-order valence-corrected chi connectivity index (χ2v) is 15.2. The summed E-state index contributed by atoms with van der Waals surface area (Å²) in [6, 6.07) is -0.138. The number of carbonyl (C=O) groups is 1. The Morgan fingerprint density at radius 3 is 1.60 bits per heavy atom. The highest BCUT2D eigenvalue weighted by Gasteiger charge is 2.60. The van der Waals surface area contributed by atoms with Crippen LogP contribution in [0.15, 0.2) is 0 Å². The fourth-order valence-corrected chi connectivity index (χ4v) is 7.89. The van der Waals surface area contributed by atoms with E-state index in [1.807, 2.05) is 0 Å². The van der Waals surface area contributed by atoms with Gasteiger partial charge in [-0.2, -0.15) is 9.28 Å². The van der Waals surface area contributed by atoms with Crippen molar-refractivity contribution >= 4 is 6.09 Å². The first-order valence-electron chi connectivity index (χ1n) is 18.9. The Hall–Kier alpha value is -0.770. The highest BCUT2D eigenvalue weighted by Crippen LogP contribution is 2.44. The highest BCUT2D eigenvalue weighted by molar-refractivity contribution is 5.60. The molecule has 8 heteroatoms. The van der Waals surface area contributed by atoms with Gasteiger partial charge in [0, 0.05) is 12.8 Å². The number of unbranched alkanes of at least 4 members (excludes halogenated alkanes) is 15. The molecule has 0 aromatic heterocycles. The van der Waals surface area contributed by atoms with E-state index >= 15 is 0 Å². The van der Waals surface area contributed by atoms with Gasteiger partial charge in [-0.15, -0.1) is 0 Å². The Morgan fingerprint density at radius 2 is 1.18 bits per heavy atom. The summed E-state index contributed by atoms with van der Waals surface area (Å²) in [5.41, 5.74) is 0.168. The first-order valence-corrected chi connectivity index (χ1v) is 18.9. The standard InChI is InChI=1S/C37H72NO7/c1-6-8-9-10-11-12-13-14-15-16-17-18-19-20-21-22-27-38(36(43)44-7-2,30-25-23-29(24-26-30)37(3,4)5)35-34(42)33(41)32(40)31(28-39)45-35/h29-35,39-42H,6-28H2,1-5H3/q+1/t29?,30?,31-,32-,33+,34-,35?,38?/m1/s1. The average Bonchev–Trinajstić information content (AvgIpc) is 3.02. The zero-order valence-electron chi connectivity index (χ0n) is 29.8. The number of hydrogen-bond donors (Lipinski definition) is 4. The second kappa shape index (κ2) is 21.3. The number of carbonyl (C=O) groups excluding carboxylic acids is 1. The van der Waals surface area contributed by atoms with Crippen LogP contribution >= 0.6 is 0 Å². The van der Waals surface area contributed by atoms with Gasteiger partial charge in [-0.25, -0.2) is 0 Å². The average molecular weight is 643 g/mol. The molecule has 1 aliphatic carbocycles. The number of aliphatic hydroxyl groups is 4. The van der Waals surface area contributed by atoms with Gasteiger partial charge in [0.25, 0.3) is 0 Å². The largest absolute Gasteiger partial charge is 0.518 e. The predicted octanol–water partition coefficient (Wildman–Crippen LogP) is 7.63. The lowest BCUT2D eigenvalue weighted by Crippen LogP contribution is -2.75. The Kier molecular flexibility index (Phi) is 19.1. The van der Waals surface area contributed by atoms with Crippen LogP contribution in [-0.4, -0.2) is 87.4 Å². The lowest BCUT2D eigenvalue weighted by Gasteiger charge is -2.52. The molecule has 266 valence electrons. The third kappa shape index (κ3) is 12.3. The molecule has 1 amide bonds. The molecule has 8 nitrogen and oxygen atoms in total. The molecule has 45 heavy (non-hydrogen) atoms. The number of nitrogens with zero attached hydrogens (tertiary/aromatic N) is 1. The van der Waals surface area contributed by atoms with Gasteiger partial charge in [-0.1, -0.05) is 118 Å². The van der Waals surface area contributed by atoms with E-state index in [1.165, 1.54) is 83.5 Å². The summed E-state index contributed by atoms with van der Waals surface area (Å²) in [4.78, 5) is 14.0. The van der Waals surface area contributed by atoms with Crippen molar-refractivity contribution in [1.29, 1.82) is 0 Å². The topological polar surface area (TPSA) is 116 Å². The third-order valence-corrected chi connectivity index (χ3v) is 10.9. The van der Waals surface area contributed by atoms with E-state index in [2.05, 4.69) is 27.7 Å². The van der Waals surface area contributed by atoms with Gasteiger partial charge in [-0.3, -0.25) is 0 Å². The normalized spacial score (nSPS) is 29.0. The van der Waals surface area contributed by atoms with Crippen LogP contribution in [0.25, 0.3) is 0 Å². The van der Waals surface area contributed by atoms with Crippen LogP contribution in [0, 0.1) is 11.3 Å². The summed E-state index contributed by atoms with van der Waals surface area (Å²) in [5.74, 6) is 0.531. The molecule has 0 aromatic rings. The molecule has 1 saturated carbocycles. The van der Waals surface area contributed by atoms with E-state index in [0.29, 0.717) is 12.5 Å². The van der Waals surface area contributed by atoms with Gasteiger partial charge in [0.15, 0.2) is 6.10 Å². The van der Waals surface area contributed by atoms with Gasteiger partial charge in [-0.05, 0) is 43.9 Å². The Balaban J connectivity index is 1.97. The van der Waals surface area contributed by atoms with Gasteiger partial charge >= 0.3 is 6.09 Å². The van der Waals surface area contributed by atoms with Crippen molar-refractivity contribution in [3.05, 3.63) is 0 Å². The van der Waals surface area contributed by atoms with Crippen LogP contribution in [0.5, 0.6) is 0 Å². The van der Waals surface area contributed by atoms with E-state index in [9.17, 15) is 25.2 Å². The van der Waals surface area contributed by atoms with Crippen molar-refractivity contribution in [2.45, 2.75) is 200 Å². The Morgan fingerprint density at radius 1 is 0.711 bits per heavy atom. The number of ether oxygens (including phenoxy) is 2. The summed E-state index contributed by atoms with van der Waals surface area (Å²) < 4.78 is 11.6. The summed E-state index contributed by atoms with van der Waals surface area (Å²) in [6.07, 6.45) is 16.6. The van der Waals surface area contributed by atoms with Crippen LogP contribution in [0.4, 0.5) is 4.79 Å². The lowest BCUT2D eigenvalue weighted by atomic mass is 9.70. The number of hydrogen-bond acceptors (Lipinski definition) is 7. The van der Waals surface area contributed by atoms with Crippen LogP contribution in [-0.2, 0) is 9.47 Å². The number of amides is 1. The van der Waals surface area contributed by atoms with Crippen molar-refractivity contribution in [2.75, 3.05) is 19.8 Å². The van der Waals surface area contributed by atoms with Crippen molar-refractivity contribution in [1.82, 2.24) is 0 Å². The maximum Gasteiger partial charge on any atom is 0.518 e. The van der Waals surface area contributed by atoms with Crippen molar-refractivity contribution in [3.63, 3.8) is 0 Å². The number of rotatable bonds is 21. The molecule has 0 radical (unpaired) electrons. The number of quaternary nitrogens is 1. The molecule has 0 aromatic carbocycles. The fraction of sp³-hybridized carbons (Fsp3) is 0.973. The van der Waals surface area contributed by atoms with Crippen LogP contribution < -0.4 is 0 Å². The van der Waals surface area contributed by atoms with Crippen molar-refractivity contribution < 1.29 is 39.2 Å². The molecule has 2 fully saturated rings. The molecular weight excluding hydrogens is 570 g/mol. The molecule has 4 N–H and O–H groups in total. The molecule has 1 heterocycles. The van der Waals surface area contributed by atoms with Gasteiger partial charge in [0.05, 0.1) is 19.8 Å². The van der Waals surface area contributed by atoms with E-state index in [4.69, 9.17) is 9.47 Å². The predicted molar refractivity (Wildman–Crippen MR) is 181 cm³/mol. The van der Waals surface area contributed by atoms with Crippen LogP contribution in [0.3, 0.4) is 0 Å². The second-order valence-electron chi connectivity index (χ2n) is 15.2. The molecule has 2 rings (SSSR count). The van der Waals surface area contributed by atoms with Crippen LogP contribution in [0.2, 0.25) is 0 Å². The van der Waals surface area contributed by atoms with E-state index in [1.54, 1.807) is 6.92 Å². The summed E-state index contributed by atoms with van der Waals surface area (Å²) >= 11 is 0.